The highest BCUT2D eigenvalue weighted by atomic mass is 32.1. The van der Waals surface area contributed by atoms with E-state index in [-0.39, 0.29) is 0 Å². The molecule has 0 radical (unpaired) electrons. The van der Waals surface area contributed by atoms with E-state index in [1.54, 1.807) is 22.7 Å². The monoisotopic (exact) mass is 519 g/mol. The largest absolute Gasteiger partial charge is 0.378 e. The number of anilines is 5. The maximum absolute atomic E-state index is 5.44. The van der Waals surface area contributed by atoms with Crippen molar-refractivity contribution in [2.24, 2.45) is 10.2 Å². The minimum Gasteiger partial charge on any atom is -0.378 e. The van der Waals surface area contributed by atoms with Gasteiger partial charge in [0.2, 0.25) is 0 Å². The summed E-state index contributed by atoms with van der Waals surface area (Å²) in [4.78, 5) is 8.83. The van der Waals surface area contributed by atoms with E-state index in [1.807, 2.05) is 42.9 Å². The lowest BCUT2D eigenvalue weighted by atomic mass is 10.1. The van der Waals surface area contributed by atoms with Crippen LogP contribution in [0.3, 0.4) is 0 Å². The van der Waals surface area contributed by atoms with Crippen molar-refractivity contribution in [2.75, 3.05) is 54.0 Å². The maximum atomic E-state index is 5.44. The number of hydrazine groups is 1. The van der Waals surface area contributed by atoms with Crippen LogP contribution >= 0.6 is 22.7 Å². The molecule has 0 aliphatic carbocycles. The third-order valence-electron chi connectivity index (χ3n) is 5.98. The van der Waals surface area contributed by atoms with E-state index in [9.17, 15) is 0 Å². The SMILES string of the molecule is Cc1cc(/N=N/c2ccc(N3CCOCC3)s2)ccc1NNc1ccc(N(C)c2nccs2)c(C)c1. The molecule has 1 fully saturated rings. The van der Waals surface area contributed by atoms with Gasteiger partial charge in [-0.1, -0.05) is 11.3 Å². The molecule has 1 aliphatic heterocycles. The minimum atomic E-state index is 0.777. The molecule has 1 saturated heterocycles. The molecule has 186 valence electrons. The van der Waals surface area contributed by atoms with Crippen LogP contribution in [0, 0.1) is 13.8 Å². The highest BCUT2D eigenvalue weighted by Gasteiger charge is 2.13. The van der Waals surface area contributed by atoms with Crippen LogP contribution in [-0.2, 0) is 4.74 Å². The second-order valence-corrected chi connectivity index (χ2v) is 10.4. The molecule has 2 N–H and O–H groups in total. The molecule has 0 saturated carbocycles. The van der Waals surface area contributed by atoms with Crippen LogP contribution in [0.25, 0.3) is 0 Å². The lowest BCUT2D eigenvalue weighted by molar-refractivity contribution is 0.123. The van der Waals surface area contributed by atoms with Crippen LogP contribution in [0.2, 0.25) is 0 Å². The van der Waals surface area contributed by atoms with E-state index in [0.717, 1.165) is 70.3 Å². The second-order valence-electron chi connectivity index (χ2n) is 8.54. The Morgan fingerprint density at radius 3 is 2.58 bits per heavy atom. The molecule has 0 spiro atoms. The van der Waals surface area contributed by atoms with E-state index >= 15 is 0 Å². The maximum Gasteiger partial charge on any atom is 0.189 e. The Balaban J connectivity index is 1.19. The van der Waals surface area contributed by atoms with Crippen molar-refractivity contribution in [3.05, 3.63) is 71.2 Å². The summed E-state index contributed by atoms with van der Waals surface area (Å²) in [5.41, 5.74) is 12.8. The molecule has 0 atom stereocenters. The molecular formula is C26H29N7OS2. The van der Waals surface area contributed by atoms with Crippen molar-refractivity contribution < 1.29 is 4.74 Å². The Labute approximate surface area is 219 Å². The zero-order chi connectivity index (χ0) is 24.9. The topological polar surface area (TPSA) is 77.4 Å². The zero-order valence-corrected chi connectivity index (χ0v) is 22.2. The van der Waals surface area contributed by atoms with Crippen LogP contribution in [0.15, 0.2) is 70.3 Å². The summed E-state index contributed by atoms with van der Waals surface area (Å²) < 4.78 is 5.44. The molecule has 0 amide bonds. The van der Waals surface area contributed by atoms with Gasteiger partial charge in [0.05, 0.1) is 35.3 Å². The zero-order valence-electron chi connectivity index (χ0n) is 20.6. The number of thiazole rings is 1. The summed E-state index contributed by atoms with van der Waals surface area (Å²) in [5.74, 6) is 0. The van der Waals surface area contributed by atoms with Gasteiger partial charge in [-0.05, 0) is 73.5 Å². The molecule has 10 heteroatoms. The van der Waals surface area contributed by atoms with Crippen molar-refractivity contribution in [3.63, 3.8) is 0 Å². The van der Waals surface area contributed by atoms with Gasteiger partial charge in [-0.25, -0.2) is 4.98 Å². The molecule has 8 nitrogen and oxygen atoms in total. The van der Waals surface area contributed by atoms with E-state index in [0.29, 0.717) is 0 Å². The molecule has 2 aromatic heterocycles. The number of aryl methyl sites for hydroxylation is 2. The lowest BCUT2D eigenvalue weighted by Crippen LogP contribution is -2.35. The predicted octanol–water partition coefficient (Wildman–Crippen LogP) is 7.28. The number of rotatable bonds is 8. The molecule has 3 heterocycles. The molecule has 4 aromatic rings. The molecule has 0 bridgehead atoms. The quantitative estimate of drug-likeness (QED) is 0.188. The first-order valence-corrected chi connectivity index (χ1v) is 13.5. The number of hydrogen-bond donors (Lipinski definition) is 2. The molecule has 36 heavy (non-hydrogen) atoms. The fourth-order valence-corrected chi connectivity index (χ4v) is 5.52. The van der Waals surface area contributed by atoms with Crippen molar-refractivity contribution in [2.45, 2.75) is 13.8 Å². The molecule has 5 rings (SSSR count). The first-order chi connectivity index (χ1) is 17.6. The Morgan fingerprint density at radius 1 is 0.972 bits per heavy atom. The third kappa shape index (κ3) is 5.67. The predicted molar refractivity (Wildman–Crippen MR) is 151 cm³/mol. The minimum absolute atomic E-state index is 0.777. The van der Waals surface area contributed by atoms with Gasteiger partial charge < -0.3 is 25.4 Å². The molecule has 1 aliphatic rings. The van der Waals surface area contributed by atoms with E-state index in [1.165, 1.54) is 5.00 Å². The number of azo groups is 1. The fourth-order valence-electron chi connectivity index (χ4n) is 4.02. The Hall–Kier alpha value is -3.47. The average Bonchev–Trinajstić information content (AvgIpc) is 3.60. The van der Waals surface area contributed by atoms with Crippen LogP contribution < -0.4 is 20.7 Å². The standard InChI is InChI=1S/C26H29N7OS2/c1-18-16-20(29-31-24-8-9-25(36-24)33-11-13-34-14-12-33)4-6-22(18)30-28-21-5-7-23(19(2)17-21)32(3)26-27-10-15-35-26/h4-10,15-17,28,30H,11-14H2,1-3H3/b31-29+. The number of morpholine rings is 1. The van der Waals surface area contributed by atoms with Gasteiger partial charge in [0.15, 0.2) is 5.13 Å². The third-order valence-corrected chi connectivity index (χ3v) is 7.86. The van der Waals surface area contributed by atoms with Crippen LogP contribution in [-0.4, -0.2) is 38.3 Å². The number of thiophene rings is 1. The van der Waals surface area contributed by atoms with Crippen LogP contribution in [0.5, 0.6) is 0 Å². The van der Waals surface area contributed by atoms with Crippen molar-refractivity contribution in [3.8, 4) is 0 Å². The Morgan fingerprint density at radius 2 is 1.83 bits per heavy atom. The highest BCUT2D eigenvalue weighted by Crippen LogP contribution is 2.34. The fraction of sp³-hybridized carbons (Fsp3) is 0.269. The first-order valence-electron chi connectivity index (χ1n) is 11.8. The van der Waals surface area contributed by atoms with Gasteiger partial charge in [-0.3, -0.25) is 0 Å². The summed E-state index contributed by atoms with van der Waals surface area (Å²) in [5, 5.41) is 14.0. The van der Waals surface area contributed by atoms with Gasteiger partial charge in [-0.15, -0.1) is 21.6 Å². The van der Waals surface area contributed by atoms with Crippen LogP contribution in [0.4, 0.5) is 37.9 Å². The number of nitrogens with one attached hydrogen (secondary N) is 2. The van der Waals surface area contributed by atoms with E-state index < -0.39 is 0 Å². The number of nitrogens with zero attached hydrogens (tertiary/aromatic N) is 5. The van der Waals surface area contributed by atoms with Crippen molar-refractivity contribution in [1.29, 1.82) is 0 Å². The second kappa shape index (κ2) is 11.1. The summed E-state index contributed by atoms with van der Waals surface area (Å²) in [6, 6.07) is 16.4. The van der Waals surface area contributed by atoms with Crippen molar-refractivity contribution in [1.82, 2.24) is 4.98 Å². The van der Waals surface area contributed by atoms with Gasteiger partial charge in [0.25, 0.3) is 0 Å². The number of ether oxygens (including phenoxy) is 1. The number of aromatic nitrogens is 1. The molecular weight excluding hydrogens is 490 g/mol. The summed E-state index contributed by atoms with van der Waals surface area (Å²) in [6.07, 6.45) is 1.82. The molecule has 0 unspecified atom stereocenters. The summed E-state index contributed by atoms with van der Waals surface area (Å²) in [7, 11) is 2.04. The van der Waals surface area contributed by atoms with Gasteiger partial charge in [0, 0.05) is 37.4 Å². The Bertz CT molecular complexity index is 1330. The number of benzene rings is 2. The average molecular weight is 520 g/mol. The molecule has 2 aromatic carbocycles. The Kier molecular flexibility index (Phi) is 7.45. The normalized spacial score (nSPS) is 13.8. The highest BCUT2D eigenvalue weighted by molar-refractivity contribution is 7.19. The van der Waals surface area contributed by atoms with Crippen molar-refractivity contribution >= 4 is 60.6 Å². The van der Waals surface area contributed by atoms with Gasteiger partial charge >= 0.3 is 0 Å². The van der Waals surface area contributed by atoms with Gasteiger partial charge in [0.1, 0.15) is 5.00 Å². The first kappa shape index (κ1) is 24.2. The van der Waals surface area contributed by atoms with Crippen LogP contribution in [0.1, 0.15) is 11.1 Å². The summed E-state index contributed by atoms with van der Waals surface area (Å²) in [6.45, 7) is 7.56. The smallest absolute Gasteiger partial charge is 0.189 e. The lowest BCUT2D eigenvalue weighted by Gasteiger charge is -2.27. The van der Waals surface area contributed by atoms with E-state index in [4.69, 9.17) is 4.74 Å². The summed E-state index contributed by atoms with van der Waals surface area (Å²) >= 11 is 3.28. The van der Waals surface area contributed by atoms with Gasteiger partial charge in [-0.2, -0.15) is 0 Å². The van der Waals surface area contributed by atoms with E-state index in [2.05, 4.69) is 74.0 Å². The number of hydrogen-bond acceptors (Lipinski definition) is 10.